The SMILES string of the molecule is CC(C)c1cc(Nc2cncc(C3=CCC=NC3)n2)n[nH]1. The van der Waals surface area contributed by atoms with Crippen molar-refractivity contribution in [1.82, 2.24) is 20.2 Å². The Balaban J connectivity index is 1.78. The second-order valence-corrected chi connectivity index (χ2v) is 5.27. The summed E-state index contributed by atoms with van der Waals surface area (Å²) >= 11 is 0. The Morgan fingerprint density at radius 3 is 2.86 bits per heavy atom. The van der Waals surface area contributed by atoms with Crippen molar-refractivity contribution in [3.05, 3.63) is 35.9 Å². The molecule has 0 amide bonds. The minimum absolute atomic E-state index is 0.413. The largest absolute Gasteiger partial charge is 0.322 e. The molecule has 21 heavy (non-hydrogen) atoms. The molecule has 0 aliphatic carbocycles. The van der Waals surface area contributed by atoms with Gasteiger partial charge in [0.15, 0.2) is 11.6 Å². The Morgan fingerprint density at radius 1 is 1.24 bits per heavy atom. The molecular formula is C15H18N6. The van der Waals surface area contributed by atoms with E-state index < -0.39 is 0 Å². The molecule has 3 heterocycles. The predicted molar refractivity (Wildman–Crippen MR) is 83.9 cm³/mol. The average Bonchev–Trinajstić information content (AvgIpc) is 2.97. The number of aromatic nitrogens is 4. The molecule has 0 saturated heterocycles. The zero-order valence-electron chi connectivity index (χ0n) is 12.2. The van der Waals surface area contributed by atoms with Crippen LogP contribution in [0, 0.1) is 0 Å². The van der Waals surface area contributed by atoms with Gasteiger partial charge >= 0.3 is 0 Å². The maximum absolute atomic E-state index is 4.58. The van der Waals surface area contributed by atoms with Crippen molar-refractivity contribution >= 4 is 23.4 Å². The Labute approximate surface area is 123 Å². The lowest BCUT2D eigenvalue weighted by Crippen LogP contribution is -2.02. The molecule has 1 aliphatic heterocycles. The fourth-order valence-electron chi connectivity index (χ4n) is 2.09. The van der Waals surface area contributed by atoms with Gasteiger partial charge in [0.25, 0.3) is 0 Å². The van der Waals surface area contributed by atoms with E-state index in [1.165, 1.54) is 0 Å². The third-order valence-corrected chi connectivity index (χ3v) is 3.30. The van der Waals surface area contributed by atoms with Gasteiger partial charge in [-0.1, -0.05) is 19.9 Å². The van der Waals surface area contributed by atoms with Gasteiger partial charge in [0.05, 0.1) is 24.6 Å². The standard InChI is InChI=1S/C15H18N6/c1-10(2)12-6-14(21-20-12)19-15-9-17-8-13(18-15)11-4-3-5-16-7-11/h4-6,8-10H,3,7H2,1-2H3,(H2,18,19,20,21). The fourth-order valence-corrected chi connectivity index (χ4v) is 2.09. The number of nitrogens with zero attached hydrogens (tertiary/aromatic N) is 4. The monoisotopic (exact) mass is 282 g/mol. The Kier molecular flexibility index (Phi) is 3.77. The van der Waals surface area contributed by atoms with Gasteiger partial charge in [0.1, 0.15) is 0 Å². The molecule has 0 bridgehead atoms. The first kappa shape index (κ1) is 13.5. The van der Waals surface area contributed by atoms with E-state index in [1.54, 1.807) is 12.4 Å². The summed E-state index contributed by atoms with van der Waals surface area (Å²) in [7, 11) is 0. The first-order chi connectivity index (χ1) is 10.2. The van der Waals surface area contributed by atoms with Crippen LogP contribution < -0.4 is 5.32 Å². The summed E-state index contributed by atoms with van der Waals surface area (Å²) in [4.78, 5) is 13.1. The molecule has 0 atom stereocenters. The van der Waals surface area contributed by atoms with Crippen LogP contribution in [-0.4, -0.2) is 32.9 Å². The second kappa shape index (κ2) is 5.87. The zero-order valence-corrected chi connectivity index (χ0v) is 12.2. The van der Waals surface area contributed by atoms with E-state index in [0.29, 0.717) is 18.3 Å². The summed E-state index contributed by atoms with van der Waals surface area (Å²) in [5, 5.41) is 10.4. The summed E-state index contributed by atoms with van der Waals surface area (Å²) in [6.45, 7) is 4.90. The molecule has 0 unspecified atom stereocenters. The number of aromatic amines is 1. The van der Waals surface area contributed by atoms with E-state index in [-0.39, 0.29) is 0 Å². The molecule has 2 aromatic rings. The normalized spacial score (nSPS) is 14.3. The number of anilines is 2. The molecule has 0 radical (unpaired) electrons. The number of rotatable bonds is 4. The molecule has 6 heteroatoms. The smallest absolute Gasteiger partial charge is 0.153 e. The molecule has 3 rings (SSSR count). The highest BCUT2D eigenvalue weighted by Crippen LogP contribution is 2.20. The quantitative estimate of drug-likeness (QED) is 0.903. The second-order valence-electron chi connectivity index (χ2n) is 5.27. The minimum atomic E-state index is 0.413. The van der Waals surface area contributed by atoms with E-state index in [1.807, 2.05) is 12.3 Å². The first-order valence-corrected chi connectivity index (χ1v) is 7.04. The van der Waals surface area contributed by atoms with Crippen molar-refractivity contribution in [3.63, 3.8) is 0 Å². The van der Waals surface area contributed by atoms with Crippen LogP contribution in [0.4, 0.5) is 11.6 Å². The van der Waals surface area contributed by atoms with E-state index >= 15 is 0 Å². The lowest BCUT2D eigenvalue weighted by atomic mass is 10.1. The van der Waals surface area contributed by atoms with Crippen LogP contribution in [0.5, 0.6) is 0 Å². The fraction of sp³-hybridized carbons (Fsp3) is 0.333. The van der Waals surface area contributed by atoms with Crippen LogP contribution >= 0.6 is 0 Å². The molecule has 108 valence electrons. The van der Waals surface area contributed by atoms with Gasteiger partial charge in [0.2, 0.25) is 0 Å². The molecule has 2 N–H and O–H groups in total. The maximum Gasteiger partial charge on any atom is 0.153 e. The van der Waals surface area contributed by atoms with Gasteiger partial charge in [0, 0.05) is 24.4 Å². The number of hydrogen-bond acceptors (Lipinski definition) is 5. The summed E-state index contributed by atoms with van der Waals surface area (Å²) in [5.41, 5.74) is 3.06. The molecule has 0 spiro atoms. The maximum atomic E-state index is 4.58. The third kappa shape index (κ3) is 3.16. The van der Waals surface area contributed by atoms with E-state index in [2.05, 4.69) is 50.4 Å². The number of nitrogens with one attached hydrogen (secondary N) is 2. The highest BCUT2D eigenvalue weighted by atomic mass is 15.2. The van der Waals surface area contributed by atoms with Gasteiger partial charge in [-0.2, -0.15) is 5.10 Å². The number of dihydropyridines is 1. The molecule has 0 saturated carbocycles. The number of hydrogen-bond donors (Lipinski definition) is 2. The van der Waals surface area contributed by atoms with E-state index in [4.69, 9.17) is 0 Å². The molecule has 0 fully saturated rings. The molecular weight excluding hydrogens is 264 g/mol. The Bertz CT molecular complexity index is 683. The van der Waals surface area contributed by atoms with Crippen LogP contribution in [-0.2, 0) is 0 Å². The lowest BCUT2D eigenvalue weighted by molar-refractivity contribution is 0.811. The molecule has 1 aliphatic rings. The molecule has 6 nitrogen and oxygen atoms in total. The highest BCUT2D eigenvalue weighted by Gasteiger charge is 2.09. The van der Waals surface area contributed by atoms with Gasteiger partial charge in [-0.15, -0.1) is 0 Å². The van der Waals surface area contributed by atoms with Crippen LogP contribution in [0.3, 0.4) is 0 Å². The number of aliphatic imine (C=N–C) groups is 1. The number of allylic oxidation sites excluding steroid dienone is 1. The van der Waals surface area contributed by atoms with Crippen LogP contribution in [0.25, 0.3) is 5.57 Å². The van der Waals surface area contributed by atoms with Crippen molar-refractivity contribution in [2.24, 2.45) is 4.99 Å². The van der Waals surface area contributed by atoms with Gasteiger partial charge in [-0.25, -0.2) is 4.98 Å². The predicted octanol–water partition coefficient (Wildman–Crippen LogP) is 2.92. The van der Waals surface area contributed by atoms with Crippen molar-refractivity contribution < 1.29 is 0 Å². The summed E-state index contributed by atoms with van der Waals surface area (Å²) in [6, 6.07) is 1.99. The molecule has 2 aromatic heterocycles. The Hall–Kier alpha value is -2.50. The third-order valence-electron chi connectivity index (χ3n) is 3.30. The zero-order chi connectivity index (χ0) is 14.7. The first-order valence-electron chi connectivity index (χ1n) is 7.04. The van der Waals surface area contributed by atoms with Gasteiger partial charge < -0.3 is 5.32 Å². The van der Waals surface area contributed by atoms with E-state index in [0.717, 1.165) is 29.2 Å². The minimum Gasteiger partial charge on any atom is -0.322 e. The van der Waals surface area contributed by atoms with Crippen molar-refractivity contribution in [2.45, 2.75) is 26.2 Å². The topological polar surface area (TPSA) is 78.8 Å². The highest BCUT2D eigenvalue weighted by molar-refractivity contribution is 5.74. The van der Waals surface area contributed by atoms with E-state index in [9.17, 15) is 0 Å². The van der Waals surface area contributed by atoms with Crippen LogP contribution in [0.1, 0.15) is 37.6 Å². The summed E-state index contributed by atoms with van der Waals surface area (Å²) in [6.07, 6.45) is 8.36. The number of H-pyrrole nitrogens is 1. The van der Waals surface area contributed by atoms with Crippen LogP contribution in [0.2, 0.25) is 0 Å². The summed E-state index contributed by atoms with van der Waals surface area (Å²) in [5.74, 6) is 1.85. The lowest BCUT2D eigenvalue weighted by Gasteiger charge is -2.08. The van der Waals surface area contributed by atoms with Crippen molar-refractivity contribution in [3.8, 4) is 0 Å². The van der Waals surface area contributed by atoms with Gasteiger partial charge in [-0.3, -0.25) is 15.1 Å². The van der Waals surface area contributed by atoms with Crippen molar-refractivity contribution in [2.75, 3.05) is 11.9 Å². The Morgan fingerprint density at radius 2 is 2.14 bits per heavy atom. The van der Waals surface area contributed by atoms with Crippen molar-refractivity contribution in [1.29, 1.82) is 0 Å². The van der Waals surface area contributed by atoms with Gasteiger partial charge in [-0.05, 0) is 11.5 Å². The van der Waals surface area contributed by atoms with Crippen LogP contribution in [0.15, 0.2) is 29.5 Å². The molecule has 0 aromatic carbocycles. The average molecular weight is 282 g/mol. The summed E-state index contributed by atoms with van der Waals surface area (Å²) < 4.78 is 0.